The molecule has 152 valence electrons. The average molecular weight is 395 g/mol. The second-order valence-electron chi connectivity index (χ2n) is 7.47. The topological polar surface area (TPSA) is 78.8 Å². The number of para-hydroxylation sites is 1. The Morgan fingerprint density at radius 1 is 1.03 bits per heavy atom. The molecule has 0 N–H and O–H groups in total. The zero-order valence-electron chi connectivity index (χ0n) is 16.6. The fourth-order valence-corrected chi connectivity index (χ4v) is 3.98. The van der Waals surface area contributed by atoms with E-state index < -0.39 is 0 Å². The zero-order chi connectivity index (χ0) is 20.4. The van der Waals surface area contributed by atoms with Gasteiger partial charge in [0.25, 0.3) is 11.8 Å². The van der Waals surface area contributed by atoms with Gasteiger partial charge in [-0.15, -0.1) is 0 Å². The highest BCUT2D eigenvalue weighted by atomic mass is 16.2. The summed E-state index contributed by atoms with van der Waals surface area (Å²) in [4.78, 5) is 46.8. The maximum atomic E-state index is 13.2. The van der Waals surface area contributed by atoms with Crippen LogP contribution in [0.15, 0.2) is 30.3 Å². The van der Waals surface area contributed by atoms with Crippen LogP contribution in [-0.4, -0.2) is 70.8 Å². The standard InChI is InChI=1S/C21H25N5O3/c1-23(16-7-3-2-4-8-16)21(29)19-22-18(17-9-5-6-10-26(17)19)20(28)25-13-11-24(15-27)12-14-25/h2-4,7-8,15H,5-6,9-14H2,1H3. The van der Waals surface area contributed by atoms with E-state index >= 15 is 0 Å². The lowest BCUT2D eigenvalue weighted by atomic mass is 10.1. The lowest BCUT2D eigenvalue weighted by Gasteiger charge is -2.32. The van der Waals surface area contributed by atoms with Crippen LogP contribution in [0.2, 0.25) is 0 Å². The number of hydrogen-bond acceptors (Lipinski definition) is 4. The maximum absolute atomic E-state index is 13.2. The number of rotatable bonds is 4. The molecule has 2 aliphatic rings. The van der Waals surface area contributed by atoms with E-state index in [1.54, 1.807) is 21.7 Å². The molecule has 0 spiro atoms. The summed E-state index contributed by atoms with van der Waals surface area (Å²) in [6, 6.07) is 9.41. The number of aromatic nitrogens is 2. The molecule has 3 heterocycles. The van der Waals surface area contributed by atoms with E-state index in [0.717, 1.165) is 37.1 Å². The van der Waals surface area contributed by atoms with Gasteiger partial charge in [0.05, 0.1) is 5.69 Å². The Morgan fingerprint density at radius 3 is 2.45 bits per heavy atom. The van der Waals surface area contributed by atoms with E-state index in [0.29, 0.717) is 44.2 Å². The molecule has 1 saturated heterocycles. The second kappa shape index (κ2) is 8.06. The number of amides is 3. The van der Waals surface area contributed by atoms with Gasteiger partial charge in [-0.05, 0) is 31.4 Å². The number of carbonyl (C=O) groups excluding carboxylic acids is 3. The van der Waals surface area contributed by atoms with Gasteiger partial charge in [0.15, 0.2) is 0 Å². The van der Waals surface area contributed by atoms with Crippen LogP contribution in [0.25, 0.3) is 0 Å². The molecule has 8 nitrogen and oxygen atoms in total. The number of anilines is 1. The van der Waals surface area contributed by atoms with Gasteiger partial charge >= 0.3 is 0 Å². The van der Waals surface area contributed by atoms with Crippen molar-refractivity contribution in [2.75, 3.05) is 38.1 Å². The quantitative estimate of drug-likeness (QED) is 0.734. The van der Waals surface area contributed by atoms with Crippen molar-refractivity contribution in [2.45, 2.75) is 25.8 Å². The number of hydrogen-bond donors (Lipinski definition) is 0. The van der Waals surface area contributed by atoms with Crippen LogP contribution >= 0.6 is 0 Å². The molecule has 4 rings (SSSR count). The van der Waals surface area contributed by atoms with Gasteiger partial charge in [-0.3, -0.25) is 14.4 Å². The fraction of sp³-hybridized carbons (Fsp3) is 0.429. The molecule has 1 aromatic heterocycles. The minimum absolute atomic E-state index is 0.150. The molecule has 0 radical (unpaired) electrons. The third-order valence-corrected chi connectivity index (χ3v) is 5.71. The van der Waals surface area contributed by atoms with Gasteiger partial charge in [-0.2, -0.15) is 0 Å². The minimum Gasteiger partial charge on any atom is -0.342 e. The molecule has 0 saturated carbocycles. The number of piperazine rings is 1. The SMILES string of the molecule is CN(C(=O)c1nc(C(=O)N2CCN(C=O)CC2)c2n1CCCC2)c1ccccc1. The summed E-state index contributed by atoms with van der Waals surface area (Å²) >= 11 is 0. The molecule has 2 aromatic rings. The number of imidazole rings is 1. The Bertz CT molecular complexity index is 916. The fourth-order valence-electron chi connectivity index (χ4n) is 3.98. The Balaban J connectivity index is 1.63. The van der Waals surface area contributed by atoms with Crippen molar-refractivity contribution in [3.63, 3.8) is 0 Å². The monoisotopic (exact) mass is 395 g/mol. The van der Waals surface area contributed by atoms with Crippen molar-refractivity contribution < 1.29 is 14.4 Å². The molecule has 8 heteroatoms. The largest absolute Gasteiger partial charge is 0.342 e. The predicted octanol–water partition coefficient (Wildman–Crippen LogP) is 1.41. The number of nitrogens with zero attached hydrogens (tertiary/aromatic N) is 5. The predicted molar refractivity (Wildman–Crippen MR) is 108 cm³/mol. The van der Waals surface area contributed by atoms with Gasteiger partial charge in [0, 0.05) is 45.5 Å². The molecular formula is C21H25N5O3. The molecule has 29 heavy (non-hydrogen) atoms. The van der Waals surface area contributed by atoms with E-state index in [1.807, 2.05) is 34.9 Å². The van der Waals surface area contributed by atoms with Crippen LogP contribution in [-0.2, 0) is 17.8 Å². The van der Waals surface area contributed by atoms with Crippen LogP contribution in [0.1, 0.15) is 39.6 Å². The van der Waals surface area contributed by atoms with Gasteiger partial charge in [0.1, 0.15) is 5.69 Å². The van der Waals surface area contributed by atoms with Crippen molar-refractivity contribution in [2.24, 2.45) is 0 Å². The lowest BCUT2D eigenvalue weighted by Crippen LogP contribution is -2.48. The molecule has 0 unspecified atom stereocenters. The van der Waals surface area contributed by atoms with Crippen LogP contribution in [0, 0.1) is 0 Å². The highest BCUT2D eigenvalue weighted by Gasteiger charge is 2.32. The lowest BCUT2D eigenvalue weighted by molar-refractivity contribution is -0.119. The summed E-state index contributed by atoms with van der Waals surface area (Å²) in [6.45, 7) is 2.70. The summed E-state index contributed by atoms with van der Waals surface area (Å²) < 4.78 is 1.92. The number of carbonyl (C=O) groups is 3. The van der Waals surface area contributed by atoms with Gasteiger partial charge in [-0.1, -0.05) is 18.2 Å². The van der Waals surface area contributed by atoms with Gasteiger partial charge in [-0.25, -0.2) is 4.98 Å². The van der Waals surface area contributed by atoms with E-state index in [9.17, 15) is 14.4 Å². The minimum atomic E-state index is -0.218. The van der Waals surface area contributed by atoms with Crippen molar-refractivity contribution >= 4 is 23.9 Å². The summed E-state index contributed by atoms with van der Waals surface area (Å²) in [6.07, 6.45) is 3.50. The summed E-state index contributed by atoms with van der Waals surface area (Å²) in [5.41, 5.74) is 2.02. The van der Waals surface area contributed by atoms with Crippen LogP contribution < -0.4 is 4.90 Å². The molecule has 1 fully saturated rings. The normalized spacial score (nSPS) is 16.3. The van der Waals surface area contributed by atoms with Crippen LogP contribution in [0.3, 0.4) is 0 Å². The van der Waals surface area contributed by atoms with Crippen LogP contribution in [0.4, 0.5) is 5.69 Å². The molecule has 3 amide bonds. The van der Waals surface area contributed by atoms with E-state index in [1.165, 1.54) is 0 Å². The summed E-state index contributed by atoms with van der Waals surface area (Å²) in [5.74, 6) is -0.0484. The van der Waals surface area contributed by atoms with Gasteiger partial charge in [0.2, 0.25) is 12.2 Å². The van der Waals surface area contributed by atoms with E-state index in [2.05, 4.69) is 4.98 Å². The highest BCUT2D eigenvalue weighted by molar-refractivity contribution is 6.05. The first kappa shape index (κ1) is 19.2. The van der Waals surface area contributed by atoms with Crippen molar-refractivity contribution in [1.82, 2.24) is 19.4 Å². The van der Waals surface area contributed by atoms with Crippen molar-refractivity contribution in [3.05, 3.63) is 47.5 Å². The molecule has 0 bridgehead atoms. The number of fused-ring (bicyclic) bond motifs is 1. The third-order valence-electron chi connectivity index (χ3n) is 5.71. The van der Waals surface area contributed by atoms with E-state index in [4.69, 9.17) is 0 Å². The molecule has 1 aromatic carbocycles. The van der Waals surface area contributed by atoms with Crippen molar-refractivity contribution in [1.29, 1.82) is 0 Å². The number of benzene rings is 1. The Kier molecular flexibility index (Phi) is 5.33. The molecule has 2 aliphatic heterocycles. The van der Waals surface area contributed by atoms with Crippen LogP contribution in [0.5, 0.6) is 0 Å². The average Bonchev–Trinajstić information content (AvgIpc) is 3.18. The third kappa shape index (κ3) is 3.62. The molecule has 0 atom stereocenters. The summed E-state index contributed by atoms with van der Waals surface area (Å²) in [5, 5.41) is 0. The first-order valence-corrected chi connectivity index (χ1v) is 10.0. The zero-order valence-corrected chi connectivity index (χ0v) is 16.6. The first-order chi connectivity index (χ1) is 14.1. The molecule has 0 aliphatic carbocycles. The van der Waals surface area contributed by atoms with Gasteiger partial charge < -0.3 is 19.3 Å². The Morgan fingerprint density at radius 2 is 1.76 bits per heavy atom. The smallest absolute Gasteiger partial charge is 0.294 e. The second-order valence-corrected chi connectivity index (χ2v) is 7.47. The first-order valence-electron chi connectivity index (χ1n) is 10.0. The van der Waals surface area contributed by atoms with Crippen molar-refractivity contribution in [3.8, 4) is 0 Å². The Labute approximate surface area is 169 Å². The van der Waals surface area contributed by atoms with E-state index in [-0.39, 0.29) is 11.8 Å². The summed E-state index contributed by atoms with van der Waals surface area (Å²) in [7, 11) is 1.72. The molecular weight excluding hydrogens is 370 g/mol. The maximum Gasteiger partial charge on any atom is 0.294 e. The Hall–Kier alpha value is -3.16. The highest BCUT2D eigenvalue weighted by Crippen LogP contribution is 2.24.